The Kier molecular flexibility index (Phi) is 4.52. The molecule has 3 rings (SSSR count). The number of hydrogen-bond acceptors (Lipinski definition) is 0. The molecular weight excluding hydrogens is 301 g/mol. The summed E-state index contributed by atoms with van der Waals surface area (Å²) in [6.07, 6.45) is 0. The number of hydrogen-bond donors (Lipinski definition) is 0. The van der Waals surface area contributed by atoms with Crippen molar-refractivity contribution in [2.24, 2.45) is 0 Å². The Labute approximate surface area is 142 Å². The molecule has 0 atom stereocenters. The lowest BCUT2D eigenvalue weighted by Gasteiger charge is -2.21. The fraction of sp³-hybridized carbons (Fsp3) is 0.143. The average Bonchev–Trinajstić information content (AvgIpc) is 2.50. The van der Waals surface area contributed by atoms with Gasteiger partial charge >= 0.3 is 0 Å². The summed E-state index contributed by atoms with van der Waals surface area (Å²) in [5.74, 6) is -0.562. The molecule has 0 aliphatic rings. The summed E-state index contributed by atoms with van der Waals surface area (Å²) in [5, 5.41) is 0. The Morgan fingerprint density at radius 1 is 0.667 bits per heavy atom. The van der Waals surface area contributed by atoms with Gasteiger partial charge in [0, 0.05) is 0 Å². The van der Waals surface area contributed by atoms with Crippen molar-refractivity contribution in [1.82, 2.24) is 0 Å². The second-order valence-electron chi connectivity index (χ2n) is 6.36. The summed E-state index contributed by atoms with van der Waals surface area (Å²) < 4.78 is 27.7. The van der Waals surface area contributed by atoms with Gasteiger partial charge < -0.3 is 0 Å². The van der Waals surface area contributed by atoms with Gasteiger partial charge in [-0.15, -0.1) is 0 Å². The zero-order valence-electron chi connectivity index (χ0n) is 14.1. The van der Waals surface area contributed by atoms with Crippen molar-refractivity contribution >= 4 is 23.1 Å². The van der Waals surface area contributed by atoms with Crippen molar-refractivity contribution in [3.05, 3.63) is 89.0 Å². The fourth-order valence-electron chi connectivity index (χ4n) is 3.54. The molecule has 0 N–H and O–H groups in total. The molecule has 0 heterocycles. The van der Waals surface area contributed by atoms with E-state index in [-0.39, 0.29) is 18.3 Å². The minimum absolute atomic E-state index is 0.197. The zero-order valence-corrected chi connectivity index (χ0v) is 14.1. The van der Waals surface area contributed by atoms with Gasteiger partial charge in [0.05, 0.1) is 0 Å². The Morgan fingerprint density at radius 2 is 1.12 bits per heavy atom. The van der Waals surface area contributed by atoms with Gasteiger partial charge in [-0.3, -0.25) is 0 Å². The van der Waals surface area contributed by atoms with E-state index in [0.717, 1.165) is 27.5 Å². The highest BCUT2D eigenvalue weighted by atomic mass is 19.1. The van der Waals surface area contributed by atoms with Crippen LogP contribution in [0.2, 0.25) is 0 Å². The van der Waals surface area contributed by atoms with Gasteiger partial charge in [0.1, 0.15) is 11.6 Å². The molecule has 0 bridgehead atoms. The monoisotopic (exact) mass is 320 g/mol. The Bertz CT molecular complexity index is 818. The van der Waals surface area contributed by atoms with Crippen molar-refractivity contribution in [3.63, 3.8) is 0 Å². The largest absolute Gasteiger partial charge is 0.242 e. The first-order valence-electron chi connectivity index (χ1n) is 8.04. The fourth-order valence-corrected chi connectivity index (χ4v) is 3.54. The third kappa shape index (κ3) is 3.26. The molecule has 0 unspecified atom stereocenters. The Morgan fingerprint density at radius 3 is 1.54 bits per heavy atom. The summed E-state index contributed by atoms with van der Waals surface area (Å²) in [5.41, 5.74) is 6.21. The first-order valence-corrected chi connectivity index (χ1v) is 8.04. The van der Waals surface area contributed by atoms with Crippen molar-refractivity contribution in [1.29, 1.82) is 0 Å². The molecule has 0 aliphatic carbocycles. The molecule has 0 saturated carbocycles. The van der Waals surface area contributed by atoms with Crippen LogP contribution in [-0.4, -0.2) is 6.71 Å². The molecule has 0 aromatic heterocycles. The number of rotatable bonds is 3. The predicted octanol–water partition coefficient (Wildman–Crippen LogP) is 3.41. The van der Waals surface area contributed by atoms with Crippen LogP contribution >= 0.6 is 0 Å². The van der Waals surface area contributed by atoms with Gasteiger partial charge in [-0.05, 0) is 45.0 Å². The van der Waals surface area contributed by atoms with Crippen LogP contribution in [0.4, 0.5) is 8.78 Å². The molecule has 0 amide bonds. The summed E-state index contributed by atoms with van der Waals surface area (Å²) >= 11 is 0. The quantitative estimate of drug-likeness (QED) is 0.649. The van der Waals surface area contributed by atoms with Crippen molar-refractivity contribution in [2.75, 3.05) is 0 Å². The molecule has 0 fully saturated rings. The van der Waals surface area contributed by atoms with Crippen molar-refractivity contribution < 1.29 is 8.78 Å². The molecule has 120 valence electrons. The maximum Gasteiger partial charge on any atom is 0.242 e. The lowest BCUT2D eigenvalue weighted by molar-refractivity contribution is 0.629. The summed E-state index contributed by atoms with van der Waals surface area (Å²) in [6.45, 7) is 5.97. The van der Waals surface area contributed by atoms with Crippen molar-refractivity contribution in [3.8, 4) is 0 Å². The minimum atomic E-state index is -0.281. The number of benzene rings is 3. The van der Waals surface area contributed by atoms with Gasteiger partial charge in [0.25, 0.3) is 0 Å². The van der Waals surface area contributed by atoms with Gasteiger partial charge in [0.15, 0.2) is 0 Å². The van der Waals surface area contributed by atoms with E-state index in [4.69, 9.17) is 0 Å². The molecule has 3 aromatic carbocycles. The topological polar surface area (TPSA) is 0 Å². The van der Waals surface area contributed by atoms with Crippen LogP contribution in [-0.2, 0) is 0 Å². The van der Waals surface area contributed by atoms with Crippen LogP contribution in [0.15, 0.2) is 60.7 Å². The van der Waals surface area contributed by atoms with E-state index < -0.39 is 0 Å². The molecule has 0 nitrogen and oxygen atoms in total. The normalized spacial score (nSPS) is 10.7. The minimum Gasteiger partial charge on any atom is -0.207 e. The van der Waals surface area contributed by atoms with Gasteiger partial charge in [-0.2, -0.15) is 0 Å². The van der Waals surface area contributed by atoms with Crippen LogP contribution < -0.4 is 16.4 Å². The predicted molar refractivity (Wildman–Crippen MR) is 98.1 cm³/mol. The van der Waals surface area contributed by atoms with Gasteiger partial charge in [-0.1, -0.05) is 69.5 Å². The zero-order chi connectivity index (χ0) is 17.3. The molecular formula is C21H19BF2. The van der Waals surface area contributed by atoms with E-state index >= 15 is 0 Å². The standard InChI is InChI=1S/C21H19BF2/c1-14-10-15(2)21(16(3)11-14)22(17-6-4-8-19(23)12-17)18-7-5-9-20(24)13-18/h4-13H,1-3H3. The highest BCUT2D eigenvalue weighted by Gasteiger charge is 2.25. The second-order valence-corrected chi connectivity index (χ2v) is 6.36. The second kappa shape index (κ2) is 6.60. The van der Waals surface area contributed by atoms with E-state index in [1.165, 1.54) is 29.8 Å². The molecule has 0 spiro atoms. The van der Waals surface area contributed by atoms with Crippen LogP contribution in [0.1, 0.15) is 16.7 Å². The summed E-state index contributed by atoms with van der Waals surface area (Å²) in [4.78, 5) is 0. The molecule has 3 heteroatoms. The smallest absolute Gasteiger partial charge is 0.207 e. The molecule has 3 aromatic rings. The van der Waals surface area contributed by atoms with Crippen LogP contribution in [0, 0.1) is 32.4 Å². The lowest BCUT2D eigenvalue weighted by atomic mass is 9.35. The highest BCUT2D eigenvalue weighted by Crippen LogP contribution is 2.09. The summed E-state index contributed by atoms with van der Waals surface area (Å²) in [7, 11) is 0. The third-order valence-electron chi connectivity index (χ3n) is 4.39. The maximum atomic E-state index is 13.8. The number of aryl methyl sites for hydroxylation is 3. The molecule has 0 saturated heterocycles. The maximum absolute atomic E-state index is 13.8. The Balaban J connectivity index is 2.27. The average molecular weight is 320 g/mol. The van der Waals surface area contributed by atoms with E-state index in [1.807, 2.05) is 12.1 Å². The van der Waals surface area contributed by atoms with Crippen molar-refractivity contribution in [2.45, 2.75) is 20.8 Å². The first kappa shape index (κ1) is 16.4. The third-order valence-corrected chi connectivity index (χ3v) is 4.39. The molecule has 0 radical (unpaired) electrons. The van der Waals surface area contributed by atoms with Crippen LogP contribution in [0.5, 0.6) is 0 Å². The molecule has 0 aliphatic heterocycles. The van der Waals surface area contributed by atoms with Gasteiger partial charge in [-0.25, -0.2) is 8.78 Å². The number of halogens is 2. The van der Waals surface area contributed by atoms with E-state index in [1.54, 1.807) is 12.1 Å². The van der Waals surface area contributed by atoms with Crippen LogP contribution in [0.25, 0.3) is 0 Å². The van der Waals surface area contributed by atoms with E-state index in [0.29, 0.717) is 0 Å². The van der Waals surface area contributed by atoms with E-state index in [9.17, 15) is 8.78 Å². The SMILES string of the molecule is Cc1cc(C)c(B(c2cccc(F)c2)c2cccc(F)c2)c(C)c1. The highest BCUT2D eigenvalue weighted by molar-refractivity contribution is 6.96. The molecule has 24 heavy (non-hydrogen) atoms. The Hall–Kier alpha value is -2.42. The first-order chi connectivity index (χ1) is 11.5. The van der Waals surface area contributed by atoms with Gasteiger partial charge in [0.2, 0.25) is 6.71 Å². The van der Waals surface area contributed by atoms with Crippen LogP contribution in [0.3, 0.4) is 0 Å². The van der Waals surface area contributed by atoms with E-state index in [2.05, 4.69) is 32.9 Å². The summed E-state index contributed by atoms with van der Waals surface area (Å²) in [6, 6.07) is 17.4. The lowest BCUT2D eigenvalue weighted by Crippen LogP contribution is -2.54.